The first kappa shape index (κ1) is 18.1. The number of carbonyl (C=O) groups excluding carboxylic acids is 1. The van der Waals surface area contributed by atoms with Crippen LogP contribution in [0.25, 0.3) is 0 Å². The van der Waals surface area contributed by atoms with Crippen molar-refractivity contribution in [2.24, 2.45) is 0 Å². The Kier molecular flexibility index (Phi) is 5.71. The molecule has 0 aromatic heterocycles. The molecule has 0 aliphatic carbocycles. The fraction of sp³-hybridized carbons (Fsp3) is 0.0625. The number of hydrogen-bond donors (Lipinski definition) is 2. The van der Waals surface area contributed by atoms with Gasteiger partial charge in [0.05, 0.1) is 5.02 Å². The van der Waals surface area contributed by atoms with Gasteiger partial charge in [-0.3, -0.25) is 4.79 Å². The summed E-state index contributed by atoms with van der Waals surface area (Å²) in [6.07, 6.45) is 1.39. The van der Waals surface area contributed by atoms with Crippen molar-refractivity contribution in [2.75, 3.05) is 11.9 Å². The van der Waals surface area contributed by atoms with Crippen LogP contribution in [-0.2, 0) is 10.0 Å². The summed E-state index contributed by atoms with van der Waals surface area (Å²) < 4.78 is 39.5. The zero-order chi connectivity index (χ0) is 17.7. The van der Waals surface area contributed by atoms with Crippen molar-refractivity contribution >= 4 is 33.2 Å². The SMILES string of the molecule is C=CCNS(=O)(=O)c1cc(C(=O)Nc2ccc(F)cc2)ccc1Cl. The molecule has 0 unspecified atom stereocenters. The molecule has 0 saturated carbocycles. The van der Waals surface area contributed by atoms with Gasteiger partial charge < -0.3 is 5.32 Å². The van der Waals surface area contributed by atoms with Crippen molar-refractivity contribution in [1.29, 1.82) is 0 Å². The number of nitrogens with one attached hydrogen (secondary N) is 2. The molecule has 1 amide bonds. The van der Waals surface area contributed by atoms with Gasteiger partial charge in [-0.15, -0.1) is 6.58 Å². The second kappa shape index (κ2) is 7.57. The molecule has 0 heterocycles. The maximum Gasteiger partial charge on any atom is 0.255 e. The van der Waals surface area contributed by atoms with Crippen molar-refractivity contribution in [3.8, 4) is 0 Å². The monoisotopic (exact) mass is 368 g/mol. The Morgan fingerprint density at radius 1 is 1.21 bits per heavy atom. The highest BCUT2D eigenvalue weighted by molar-refractivity contribution is 7.89. The molecule has 2 N–H and O–H groups in total. The minimum absolute atomic E-state index is 0.00936. The van der Waals surface area contributed by atoms with E-state index in [9.17, 15) is 17.6 Å². The number of anilines is 1. The van der Waals surface area contributed by atoms with E-state index < -0.39 is 21.7 Å². The van der Waals surface area contributed by atoms with E-state index >= 15 is 0 Å². The van der Waals surface area contributed by atoms with Crippen LogP contribution in [0.5, 0.6) is 0 Å². The van der Waals surface area contributed by atoms with E-state index in [1.165, 1.54) is 48.5 Å². The van der Waals surface area contributed by atoms with Gasteiger partial charge in [-0.1, -0.05) is 17.7 Å². The molecule has 5 nitrogen and oxygen atoms in total. The van der Waals surface area contributed by atoms with E-state index in [0.717, 1.165) is 0 Å². The lowest BCUT2D eigenvalue weighted by atomic mass is 10.2. The molecule has 2 aromatic rings. The van der Waals surface area contributed by atoms with Gasteiger partial charge in [-0.25, -0.2) is 17.5 Å². The van der Waals surface area contributed by atoms with Crippen LogP contribution < -0.4 is 10.0 Å². The van der Waals surface area contributed by atoms with Gasteiger partial charge in [0.1, 0.15) is 10.7 Å². The molecule has 24 heavy (non-hydrogen) atoms. The van der Waals surface area contributed by atoms with Gasteiger partial charge in [-0.2, -0.15) is 0 Å². The Morgan fingerprint density at radius 3 is 2.50 bits per heavy atom. The first-order valence-corrected chi connectivity index (χ1v) is 8.66. The molecule has 0 aliphatic heterocycles. The van der Waals surface area contributed by atoms with Crippen molar-refractivity contribution in [2.45, 2.75) is 4.90 Å². The normalized spacial score (nSPS) is 11.1. The molecule has 0 spiro atoms. The van der Waals surface area contributed by atoms with E-state index in [1.54, 1.807) is 0 Å². The third kappa shape index (κ3) is 4.41. The minimum atomic E-state index is -3.87. The number of amides is 1. The van der Waals surface area contributed by atoms with Crippen LogP contribution >= 0.6 is 11.6 Å². The molecule has 2 rings (SSSR count). The van der Waals surface area contributed by atoms with Gasteiger partial charge in [0.2, 0.25) is 10.0 Å². The number of benzene rings is 2. The molecule has 0 atom stereocenters. The smallest absolute Gasteiger partial charge is 0.255 e. The fourth-order valence-electron chi connectivity index (χ4n) is 1.83. The van der Waals surface area contributed by atoms with Crippen LogP contribution in [0.1, 0.15) is 10.4 Å². The highest BCUT2D eigenvalue weighted by atomic mass is 35.5. The zero-order valence-corrected chi connectivity index (χ0v) is 14.0. The Morgan fingerprint density at radius 2 is 1.88 bits per heavy atom. The van der Waals surface area contributed by atoms with Crippen molar-refractivity contribution in [3.05, 3.63) is 71.5 Å². The van der Waals surface area contributed by atoms with Crippen LogP contribution in [0.4, 0.5) is 10.1 Å². The molecule has 126 valence electrons. The van der Waals surface area contributed by atoms with E-state index in [-0.39, 0.29) is 22.0 Å². The first-order chi connectivity index (χ1) is 11.3. The number of halogens is 2. The third-order valence-corrected chi connectivity index (χ3v) is 4.91. The fourth-order valence-corrected chi connectivity index (χ4v) is 3.36. The maximum absolute atomic E-state index is 12.9. The topological polar surface area (TPSA) is 75.3 Å². The van der Waals surface area contributed by atoms with Crippen molar-refractivity contribution < 1.29 is 17.6 Å². The van der Waals surface area contributed by atoms with Crippen molar-refractivity contribution in [1.82, 2.24) is 4.72 Å². The predicted molar refractivity (Wildman–Crippen MR) is 91.2 cm³/mol. The number of carbonyl (C=O) groups is 1. The van der Waals surface area contributed by atoms with E-state index in [0.29, 0.717) is 5.69 Å². The summed E-state index contributed by atoms with van der Waals surface area (Å²) in [5, 5.41) is 2.54. The molecule has 0 radical (unpaired) electrons. The molecule has 0 bridgehead atoms. The Bertz CT molecular complexity index is 867. The minimum Gasteiger partial charge on any atom is -0.322 e. The molecule has 0 aliphatic rings. The average Bonchev–Trinajstić information content (AvgIpc) is 2.55. The number of rotatable bonds is 6. The van der Waals surface area contributed by atoms with E-state index in [4.69, 9.17) is 11.6 Å². The van der Waals surface area contributed by atoms with Crippen LogP contribution in [0.15, 0.2) is 60.0 Å². The molecule has 8 heteroatoms. The largest absolute Gasteiger partial charge is 0.322 e. The lowest BCUT2D eigenvalue weighted by Crippen LogP contribution is -2.24. The summed E-state index contributed by atoms with van der Waals surface area (Å²) in [4.78, 5) is 12.0. The average molecular weight is 369 g/mol. The summed E-state index contributed by atoms with van der Waals surface area (Å²) in [6.45, 7) is 3.46. The van der Waals surface area contributed by atoms with Gasteiger partial charge in [0.15, 0.2) is 0 Å². The lowest BCUT2D eigenvalue weighted by molar-refractivity contribution is 0.102. The molecular formula is C16H14ClFN2O3S. The van der Waals surface area contributed by atoms with Crippen LogP contribution in [0.2, 0.25) is 5.02 Å². The Balaban J connectivity index is 2.28. The van der Waals surface area contributed by atoms with Gasteiger partial charge in [0, 0.05) is 17.8 Å². The van der Waals surface area contributed by atoms with E-state index in [1.807, 2.05) is 0 Å². The predicted octanol–water partition coefficient (Wildman–Crippen LogP) is 3.20. The van der Waals surface area contributed by atoms with E-state index in [2.05, 4.69) is 16.6 Å². The maximum atomic E-state index is 12.9. The summed E-state index contributed by atoms with van der Waals surface area (Å²) >= 11 is 5.92. The highest BCUT2D eigenvalue weighted by Gasteiger charge is 2.19. The standard InChI is InChI=1S/C16H14ClFN2O3S/c1-2-9-19-24(22,23)15-10-11(3-8-14(15)17)16(21)20-13-6-4-12(18)5-7-13/h2-8,10,19H,1,9H2,(H,20,21). The van der Waals surface area contributed by atoms with Crippen LogP contribution in [-0.4, -0.2) is 20.9 Å². The second-order valence-corrected chi connectivity index (χ2v) is 6.89. The quantitative estimate of drug-likeness (QED) is 0.769. The molecular weight excluding hydrogens is 355 g/mol. The Hall–Kier alpha value is -2.22. The van der Waals surface area contributed by atoms with Gasteiger partial charge >= 0.3 is 0 Å². The summed E-state index contributed by atoms with van der Waals surface area (Å²) in [6, 6.07) is 9.09. The summed E-state index contributed by atoms with van der Waals surface area (Å²) in [5.41, 5.74) is 0.480. The second-order valence-electron chi connectivity index (χ2n) is 4.75. The Labute approximate surface area is 144 Å². The summed E-state index contributed by atoms with van der Waals surface area (Å²) in [7, 11) is -3.87. The number of sulfonamides is 1. The van der Waals surface area contributed by atoms with Crippen LogP contribution in [0.3, 0.4) is 0 Å². The molecule has 0 saturated heterocycles. The lowest BCUT2D eigenvalue weighted by Gasteiger charge is -2.10. The first-order valence-electron chi connectivity index (χ1n) is 6.80. The van der Waals surface area contributed by atoms with Gasteiger partial charge in [0.25, 0.3) is 5.91 Å². The van der Waals surface area contributed by atoms with Gasteiger partial charge in [-0.05, 0) is 42.5 Å². The highest BCUT2D eigenvalue weighted by Crippen LogP contribution is 2.23. The van der Waals surface area contributed by atoms with Crippen molar-refractivity contribution in [3.63, 3.8) is 0 Å². The molecule has 2 aromatic carbocycles. The molecule has 0 fully saturated rings. The van der Waals surface area contributed by atoms with Crippen LogP contribution in [0, 0.1) is 5.82 Å². The number of hydrogen-bond acceptors (Lipinski definition) is 3. The zero-order valence-electron chi connectivity index (χ0n) is 12.4. The summed E-state index contributed by atoms with van der Waals surface area (Å²) in [5.74, 6) is -0.973. The third-order valence-electron chi connectivity index (χ3n) is 3.00.